The van der Waals surface area contributed by atoms with Gasteiger partial charge in [0.15, 0.2) is 0 Å². The molecule has 2 aromatic carbocycles. The Balaban J connectivity index is 0.000000184. The van der Waals surface area contributed by atoms with Crippen LogP contribution >= 0.6 is 43.5 Å². The van der Waals surface area contributed by atoms with Crippen molar-refractivity contribution in [3.05, 3.63) is 70.5 Å². The predicted octanol–water partition coefficient (Wildman–Crippen LogP) is 5.96. The van der Waals surface area contributed by atoms with Crippen LogP contribution in [-0.4, -0.2) is 0 Å². The fourth-order valence-electron chi connectivity index (χ4n) is 1.23. The average Bonchev–Trinajstić information content (AvgIpc) is 2.41. The van der Waals surface area contributed by atoms with Crippen molar-refractivity contribution in [2.45, 2.75) is 10.7 Å². The molecule has 0 saturated carbocycles. The molecule has 2 rings (SSSR count). The summed E-state index contributed by atoms with van der Waals surface area (Å²) < 4.78 is 12.7. The van der Waals surface area contributed by atoms with Gasteiger partial charge in [0, 0.05) is 21.2 Å². The van der Waals surface area contributed by atoms with Gasteiger partial charge in [0.2, 0.25) is 0 Å². The first-order chi connectivity index (χ1) is 8.69. The van der Waals surface area contributed by atoms with Gasteiger partial charge >= 0.3 is 0 Å². The van der Waals surface area contributed by atoms with Gasteiger partial charge in [-0.1, -0.05) is 79.9 Å². The molecule has 2 aromatic rings. The molecule has 0 aromatic heterocycles. The highest BCUT2D eigenvalue weighted by atomic mass is 79.9. The molecule has 0 unspecified atom stereocenters. The maximum Gasteiger partial charge on any atom is 0.128 e. The van der Waals surface area contributed by atoms with Gasteiger partial charge in [-0.2, -0.15) is 0 Å². The Morgan fingerprint density at radius 2 is 1.56 bits per heavy atom. The molecule has 4 heteroatoms. The molecule has 0 radical (unpaired) electrons. The highest BCUT2D eigenvalue weighted by molar-refractivity contribution is 9.08. The maximum atomic E-state index is 12.7. The molecule has 0 saturated heterocycles. The number of hydrogen-bond donors (Lipinski definition) is 0. The lowest BCUT2D eigenvalue weighted by atomic mass is 10.2. The van der Waals surface area contributed by atoms with E-state index in [0.29, 0.717) is 15.9 Å². The van der Waals surface area contributed by atoms with E-state index < -0.39 is 0 Å². The molecule has 18 heavy (non-hydrogen) atoms. The first-order valence-corrected chi connectivity index (χ1v) is 7.90. The Hall–Kier alpha value is -0.380. The lowest BCUT2D eigenvalue weighted by Crippen LogP contribution is -1.85. The van der Waals surface area contributed by atoms with Gasteiger partial charge in [0.1, 0.15) is 5.82 Å². The van der Waals surface area contributed by atoms with Crippen LogP contribution in [0.1, 0.15) is 11.1 Å². The molecule has 0 spiro atoms. The smallest absolute Gasteiger partial charge is 0.128 e. The van der Waals surface area contributed by atoms with Crippen LogP contribution in [0.15, 0.2) is 48.5 Å². The largest absolute Gasteiger partial charge is 0.207 e. The van der Waals surface area contributed by atoms with E-state index in [1.165, 1.54) is 11.6 Å². The normalized spacial score (nSPS) is 9.56. The van der Waals surface area contributed by atoms with Gasteiger partial charge < -0.3 is 0 Å². The van der Waals surface area contributed by atoms with Crippen molar-refractivity contribution >= 4 is 43.5 Å². The maximum absolute atomic E-state index is 12.7. The topological polar surface area (TPSA) is 0 Å². The van der Waals surface area contributed by atoms with E-state index in [1.807, 2.05) is 18.2 Å². The third-order valence-corrected chi connectivity index (χ3v) is 3.75. The zero-order valence-corrected chi connectivity index (χ0v) is 13.5. The third-order valence-electron chi connectivity index (χ3n) is 2.19. The fraction of sp³-hybridized carbons (Fsp3) is 0.143. The second-order valence-corrected chi connectivity index (χ2v) is 4.98. The minimum absolute atomic E-state index is 0.260. The van der Waals surface area contributed by atoms with E-state index in [1.54, 1.807) is 12.1 Å². The second kappa shape index (κ2) is 8.68. The van der Waals surface area contributed by atoms with Gasteiger partial charge in [-0.15, -0.1) is 0 Å². The molecular weight excluding hydrogens is 382 g/mol. The molecule has 0 bridgehead atoms. The summed E-state index contributed by atoms with van der Waals surface area (Å²) in [6.45, 7) is 0. The molecule has 0 aliphatic heterocycles. The summed E-state index contributed by atoms with van der Waals surface area (Å²) >= 11 is 12.2. The van der Waals surface area contributed by atoms with Crippen LogP contribution in [0.4, 0.5) is 4.39 Å². The van der Waals surface area contributed by atoms with Gasteiger partial charge in [0.25, 0.3) is 0 Å². The highest BCUT2D eigenvalue weighted by Gasteiger charge is 2.02. The van der Waals surface area contributed by atoms with E-state index >= 15 is 0 Å². The van der Waals surface area contributed by atoms with Crippen molar-refractivity contribution in [2.75, 3.05) is 0 Å². The Kier molecular flexibility index (Phi) is 7.56. The van der Waals surface area contributed by atoms with Crippen molar-refractivity contribution in [1.82, 2.24) is 0 Å². The summed E-state index contributed by atoms with van der Waals surface area (Å²) in [5.74, 6) is -0.260. The molecular formula is C14H12Br2ClF. The highest BCUT2D eigenvalue weighted by Crippen LogP contribution is 2.20. The lowest BCUT2D eigenvalue weighted by molar-refractivity contribution is 0.618. The summed E-state index contributed by atoms with van der Waals surface area (Å²) in [5.41, 5.74) is 1.84. The Bertz CT molecular complexity index is 454. The fourth-order valence-corrected chi connectivity index (χ4v) is 2.56. The van der Waals surface area contributed by atoms with Crippen molar-refractivity contribution < 1.29 is 4.39 Å². The third kappa shape index (κ3) is 5.09. The quantitative estimate of drug-likeness (QED) is 0.552. The molecule has 0 N–H and O–H groups in total. The molecule has 0 amide bonds. The van der Waals surface area contributed by atoms with Crippen molar-refractivity contribution in [3.63, 3.8) is 0 Å². The van der Waals surface area contributed by atoms with Crippen LogP contribution in [-0.2, 0) is 10.7 Å². The minimum Gasteiger partial charge on any atom is -0.207 e. The summed E-state index contributed by atoms with van der Waals surface area (Å²) in [5, 5.41) is 1.88. The summed E-state index contributed by atoms with van der Waals surface area (Å²) in [7, 11) is 0. The Morgan fingerprint density at radius 1 is 0.889 bits per heavy atom. The molecule has 0 atom stereocenters. The number of hydrogen-bond acceptors (Lipinski definition) is 0. The molecule has 0 aliphatic carbocycles. The van der Waals surface area contributed by atoms with Crippen molar-refractivity contribution in [1.29, 1.82) is 0 Å². The summed E-state index contributed by atoms with van der Waals surface area (Å²) in [6.07, 6.45) is 0. The van der Waals surface area contributed by atoms with Gasteiger partial charge in [-0.25, -0.2) is 4.39 Å². The molecule has 0 heterocycles. The number of rotatable bonds is 2. The second-order valence-electron chi connectivity index (χ2n) is 3.45. The van der Waals surface area contributed by atoms with Crippen LogP contribution in [0.5, 0.6) is 0 Å². The SMILES string of the molecule is BrCc1ccccc1.Fc1cccc(Cl)c1CBr. The van der Waals surface area contributed by atoms with Crippen molar-refractivity contribution in [2.24, 2.45) is 0 Å². The Morgan fingerprint density at radius 3 is 1.94 bits per heavy atom. The first-order valence-electron chi connectivity index (χ1n) is 5.27. The van der Waals surface area contributed by atoms with E-state index in [0.717, 1.165) is 5.33 Å². The van der Waals surface area contributed by atoms with Gasteiger partial charge in [-0.05, 0) is 17.7 Å². The van der Waals surface area contributed by atoms with Crippen molar-refractivity contribution in [3.8, 4) is 0 Å². The van der Waals surface area contributed by atoms with Crippen LogP contribution in [0.25, 0.3) is 0 Å². The molecule has 96 valence electrons. The monoisotopic (exact) mass is 392 g/mol. The number of benzene rings is 2. The van der Waals surface area contributed by atoms with Crippen LogP contribution in [0.3, 0.4) is 0 Å². The lowest BCUT2D eigenvalue weighted by Gasteiger charge is -1.98. The minimum atomic E-state index is -0.260. The van der Waals surface area contributed by atoms with E-state index in [-0.39, 0.29) is 5.82 Å². The van der Waals surface area contributed by atoms with E-state index in [9.17, 15) is 4.39 Å². The standard InChI is InChI=1S/C7H5BrClF.C7H7Br/c8-4-5-6(9)2-1-3-7(5)10;8-6-7-4-2-1-3-5-7/h1-3H,4H2;1-5H,6H2. The van der Waals surface area contributed by atoms with Crippen LogP contribution in [0, 0.1) is 5.82 Å². The zero-order valence-electron chi connectivity index (χ0n) is 9.54. The number of halogens is 4. The van der Waals surface area contributed by atoms with E-state index in [2.05, 4.69) is 44.0 Å². The van der Waals surface area contributed by atoms with Gasteiger partial charge in [0.05, 0.1) is 0 Å². The van der Waals surface area contributed by atoms with Crippen LogP contribution in [0.2, 0.25) is 5.02 Å². The van der Waals surface area contributed by atoms with Crippen LogP contribution < -0.4 is 0 Å². The summed E-state index contributed by atoms with van der Waals surface area (Å²) in [6, 6.07) is 14.9. The first kappa shape index (κ1) is 15.7. The van der Waals surface area contributed by atoms with Gasteiger partial charge in [-0.3, -0.25) is 0 Å². The molecule has 0 nitrogen and oxygen atoms in total. The predicted molar refractivity (Wildman–Crippen MR) is 83.1 cm³/mol. The summed E-state index contributed by atoms with van der Waals surface area (Å²) in [4.78, 5) is 0. The van der Waals surface area contributed by atoms with E-state index in [4.69, 9.17) is 11.6 Å². The zero-order chi connectivity index (χ0) is 13.4. The average molecular weight is 395 g/mol. The Labute approximate surface area is 128 Å². The molecule has 0 fully saturated rings. The molecule has 0 aliphatic rings. The number of alkyl halides is 2.